The van der Waals surface area contributed by atoms with Gasteiger partial charge in [-0.2, -0.15) is 0 Å². The molecule has 2 rings (SSSR count). The molecule has 1 saturated heterocycles. The van der Waals surface area contributed by atoms with E-state index >= 15 is 0 Å². The maximum atomic E-state index is 10.7. The molecule has 1 heterocycles. The van der Waals surface area contributed by atoms with Crippen LogP contribution in [0.4, 0.5) is 0 Å². The predicted molar refractivity (Wildman–Crippen MR) is 69.5 cm³/mol. The fourth-order valence-corrected chi connectivity index (χ4v) is 2.55. The lowest BCUT2D eigenvalue weighted by Gasteiger charge is -2.36. The summed E-state index contributed by atoms with van der Waals surface area (Å²) in [6, 6.07) is 7.99. The number of nitrogens with two attached hydrogens (primary N) is 1. The number of piperidine rings is 1. The normalized spacial score (nSPS) is 24.3. The topological polar surface area (TPSA) is 58.3 Å². The monoisotopic (exact) mass is 234 g/mol. The van der Waals surface area contributed by atoms with Gasteiger partial charge in [-0.05, 0) is 37.4 Å². The van der Waals surface area contributed by atoms with Crippen LogP contribution in [0.5, 0.6) is 0 Å². The molecule has 2 atom stereocenters. The molecular formula is C14H22N2O. The summed E-state index contributed by atoms with van der Waals surface area (Å²) in [5.74, 6) is 0.292. The van der Waals surface area contributed by atoms with E-state index in [1.165, 1.54) is 0 Å². The zero-order valence-electron chi connectivity index (χ0n) is 10.4. The highest BCUT2D eigenvalue weighted by molar-refractivity contribution is 5.27. The summed E-state index contributed by atoms with van der Waals surface area (Å²) >= 11 is 0. The zero-order valence-corrected chi connectivity index (χ0v) is 10.4. The average Bonchev–Trinajstić information content (AvgIpc) is 2.40. The first-order valence-corrected chi connectivity index (χ1v) is 6.37. The van der Waals surface area contributed by atoms with Gasteiger partial charge in [-0.15, -0.1) is 0 Å². The second-order valence-corrected chi connectivity index (χ2v) is 5.09. The van der Waals surface area contributed by atoms with E-state index in [0.29, 0.717) is 12.5 Å². The van der Waals surface area contributed by atoms with Crippen LogP contribution in [0.15, 0.2) is 24.3 Å². The molecule has 94 valence electrons. The summed E-state index contributed by atoms with van der Waals surface area (Å²) in [6.07, 6.45) is 2.22. The molecule has 0 spiro atoms. The van der Waals surface area contributed by atoms with Crippen molar-refractivity contribution in [1.29, 1.82) is 0 Å². The smallest absolute Gasteiger partial charge is 0.0908 e. The third kappa shape index (κ3) is 2.68. The van der Waals surface area contributed by atoms with Crippen molar-refractivity contribution in [1.82, 2.24) is 5.32 Å². The Kier molecular flexibility index (Phi) is 3.82. The SMILES string of the molecule is CC(O)(c1ccc(CN)cc1)C1CCCNC1. The fraction of sp³-hybridized carbons (Fsp3) is 0.571. The average molecular weight is 234 g/mol. The lowest BCUT2D eigenvalue weighted by molar-refractivity contribution is -0.0156. The quantitative estimate of drug-likeness (QED) is 0.740. The van der Waals surface area contributed by atoms with Gasteiger partial charge in [0.1, 0.15) is 0 Å². The molecule has 3 heteroatoms. The lowest BCUT2D eigenvalue weighted by atomic mass is 9.78. The number of nitrogens with one attached hydrogen (secondary N) is 1. The van der Waals surface area contributed by atoms with E-state index in [9.17, 15) is 5.11 Å². The maximum Gasteiger partial charge on any atom is 0.0908 e. The van der Waals surface area contributed by atoms with Gasteiger partial charge >= 0.3 is 0 Å². The van der Waals surface area contributed by atoms with Crippen molar-refractivity contribution in [3.05, 3.63) is 35.4 Å². The number of hydrogen-bond donors (Lipinski definition) is 3. The third-order valence-electron chi connectivity index (χ3n) is 3.87. The van der Waals surface area contributed by atoms with Gasteiger partial charge in [0, 0.05) is 19.0 Å². The summed E-state index contributed by atoms with van der Waals surface area (Å²) in [6.45, 7) is 4.43. The Labute approximate surface area is 103 Å². The third-order valence-corrected chi connectivity index (χ3v) is 3.87. The molecule has 0 aliphatic carbocycles. The number of rotatable bonds is 3. The summed E-state index contributed by atoms with van der Waals surface area (Å²) in [7, 11) is 0. The van der Waals surface area contributed by atoms with E-state index in [1.807, 2.05) is 31.2 Å². The first-order chi connectivity index (χ1) is 8.14. The van der Waals surface area contributed by atoms with Crippen LogP contribution in [0.1, 0.15) is 30.9 Å². The summed E-state index contributed by atoms with van der Waals surface area (Å²) < 4.78 is 0. The van der Waals surface area contributed by atoms with Crippen molar-refractivity contribution < 1.29 is 5.11 Å². The first-order valence-electron chi connectivity index (χ1n) is 6.37. The molecule has 17 heavy (non-hydrogen) atoms. The van der Waals surface area contributed by atoms with Gasteiger partial charge in [-0.1, -0.05) is 24.3 Å². The van der Waals surface area contributed by atoms with Gasteiger partial charge < -0.3 is 16.2 Å². The Bertz CT molecular complexity index is 353. The molecule has 0 aromatic heterocycles. The van der Waals surface area contributed by atoms with Crippen LogP contribution >= 0.6 is 0 Å². The molecule has 2 unspecified atom stereocenters. The largest absolute Gasteiger partial charge is 0.385 e. The summed E-state index contributed by atoms with van der Waals surface area (Å²) in [5, 5.41) is 14.1. The van der Waals surface area contributed by atoms with Crippen molar-refractivity contribution in [2.75, 3.05) is 13.1 Å². The first kappa shape index (κ1) is 12.6. The minimum Gasteiger partial charge on any atom is -0.385 e. The van der Waals surface area contributed by atoms with Crippen LogP contribution in [-0.2, 0) is 12.1 Å². The van der Waals surface area contributed by atoms with Crippen LogP contribution in [-0.4, -0.2) is 18.2 Å². The lowest BCUT2D eigenvalue weighted by Crippen LogP contribution is -2.42. The van der Waals surface area contributed by atoms with Crippen LogP contribution in [0.2, 0.25) is 0 Å². The van der Waals surface area contributed by atoms with E-state index in [-0.39, 0.29) is 0 Å². The zero-order chi connectivity index (χ0) is 12.3. The van der Waals surface area contributed by atoms with Crippen molar-refractivity contribution in [2.24, 2.45) is 11.7 Å². The molecule has 1 fully saturated rings. The highest BCUT2D eigenvalue weighted by Crippen LogP contribution is 2.33. The van der Waals surface area contributed by atoms with Crippen molar-refractivity contribution in [3.63, 3.8) is 0 Å². The van der Waals surface area contributed by atoms with Gasteiger partial charge in [0.25, 0.3) is 0 Å². The Balaban J connectivity index is 2.17. The summed E-state index contributed by atoms with van der Waals surface area (Å²) in [4.78, 5) is 0. The molecule has 1 aromatic carbocycles. The molecule has 0 saturated carbocycles. The van der Waals surface area contributed by atoms with Crippen LogP contribution in [0, 0.1) is 5.92 Å². The Morgan fingerprint density at radius 1 is 1.41 bits per heavy atom. The molecule has 0 amide bonds. The molecule has 1 aliphatic rings. The Morgan fingerprint density at radius 2 is 2.12 bits per heavy atom. The minimum atomic E-state index is -0.749. The van der Waals surface area contributed by atoms with E-state index in [2.05, 4.69) is 5.32 Å². The van der Waals surface area contributed by atoms with Gasteiger partial charge in [0.2, 0.25) is 0 Å². The number of hydrogen-bond acceptors (Lipinski definition) is 3. The van der Waals surface area contributed by atoms with Crippen LogP contribution < -0.4 is 11.1 Å². The number of benzene rings is 1. The van der Waals surface area contributed by atoms with E-state index < -0.39 is 5.60 Å². The molecule has 3 nitrogen and oxygen atoms in total. The second-order valence-electron chi connectivity index (χ2n) is 5.09. The molecule has 1 aliphatic heterocycles. The number of aliphatic hydroxyl groups is 1. The standard InChI is InChI=1S/C14H22N2O/c1-14(17,13-3-2-8-16-10-13)12-6-4-11(9-15)5-7-12/h4-7,13,16-17H,2-3,8-10,15H2,1H3. The van der Waals surface area contributed by atoms with E-state index in [1.54, 1.807) is 0 Å². The molecule has 4 N–H and O–H groups in total. The highest BCUT2D eigenvalue weighted by Gasteiger charge is 2.34. The van der Waals surface area contributed by atoms with Crippen molar-refractivity contribution in [3.8, 4) is 0 Å². The molecule has 1 aromatic rings. The van der Waals surface area contributed by atoms with Gasteiger partial charge in [-0.25, -0.2) is 0 Å². The van der Waals surface area contributed by atoms with Crippen LogP contribution in [0.25, 0.3) is 0 Å². The Hall–Kier alpha value is -0.900. The fourth-order valence-electron chi connectivity index (χ4n) is 2.55. The molecule has 0 bridgehead atoms. The predicted octanol–water partition coefficient (Wildman–Crippen LogP) is 1.35. The van der Waals surface area contributed by atoms with Crippen molar-refractivity contribution in [2.45, 2.75) is 31.9 Å². The Morgan fingerprint density at radius 3 is 2.65 bits per heavy atom. The van der Waals surface area contributed by atoms with Gasteiger partial charge in [-0.3, -0.25) is 0 Å². The van der Waals surface area contributed by atoms with E-state index in [0.717, 1.165) is 37.1 Å². The molecular weight excluding hydrogens is 212 g/mol. The minimum absolute atomic E-state index is 0.292. The second kappa shape index (κ2) is 5.17. The van der Waals surface area contributed by atoms with Crippen molar-refractivity contribution >= 4 is 0 Å². The maximum absolute atomic E-state index is 10.7. The van der Waals surface area contributed by atoms with Crippen LogP contribution in [0.3, 0.4) is 0 Å². The molecule has 0 radical (unpaired) electrons. The van der Waals surface area contributed by atoms with Gasteiger partial charge in [0.15, 0.2) is 0 Å². The van der Waals surface area contributed by atoms with Gasteiger partial charge in [0.05, 0.1) is 5.60 Å². The highest BCUT2D eigenvalue weighted by atomic mass is 16.3. The van der Waals surface area contributed by atoms with E-state index in [4.69, 9.17) is 5.73 Å². The summed E-state index contributed by atoms with van der Waals surface area (Å²) in [5.41, 5.74) is 6.92.